The molecule has 4 aromatic rings. The number of carbonyl (C=O) groups is 1. The van der Waals surface area contributed by atoms with Crippen LogP contribution in [0.5, 0.6) is 5.88 Å². The first kappa shape index (κ1) is 34.0. The van der Waals surface area contributed by atoms with Crippen LogP contribution in [0.25, 0.3) is 5.69 Å². The quantitative estimate of drug-likeness (QED) is 0.193. The summed E-state index contributed by atoms with van der Waals surface area (Å²) in [7, 11) is -7.48. The van der Waals surface area contributed by atoms with Crippen LogP contribution in [0.15, 0.2) is 88.8 Å². The minimum Gasteiger partial charge on any atom is -0.480 e. The lowest BCUT2D eigenvalue weighted by atomic mass is 10.2. The number of hydrogen-bond donors (Lipinski definition) is 1. The number of nitrogens with one attached hydrogen (secondary N) is 1. The fourth-order valence-corrected chi connectivity index (χ4v) is 7.65. The fraction of sp³-hybridized carbons (Fsp3) is 0.267. The molecule has 3 aromatic carbocycles. The van der Waals surface area contributed by atoms with Gasteiger partial charge >= 0.3 is 6.18 Å². The molecule has 47 heavy (non-hydrogen) atoms. The maximum atomic E-state index is 13.6. The average Bonchev–Trinajstić information content (AvgIpc) is 3.64. The summed E-state index contributed by atoms with van der Waals surface area (Å²) in [5, 5.41) is 6.79. The van der Waals surface area contributed by atoms with E-state index in [1.165, 1.54) is 42.3 Å². The van der Waals surface area contributed by atoms with Gasteiger partial charge in [0.05, 0.1) is 39.8 Å². The topological polar surface area (TPSA) is 137 Å². The summed E-state index contributed by atoms with van der Waals surface area (Å²) in [6, 6.07) is 12.5. The molecule has 1 aliphatic rings. The van der Waals surface area contributed by atoms with Gasteiger partial charge in [-0.2, -0.15) is 25.9 Å². The van der Waals surface area contributed by atoms with E-state index in [1.54, 1.807) is 19.1 Å². The van der Waals surface area contributed by atoms with Crippen molar-refractivity contribution in [3.8, 4) is 11.6 Å². The second-order valence-electron chi connectivity index (χ2n) is 10.6. The smallest absolute Gasteiger partial charge is 0.416 e. The van der Waals surface area contributed by atoms with Crippen molar-refractivity contribution in [1.82, 2.24) is 19.4 Å². The first-order valence-electron chi connectivity index (χ1n) is 13.9. The molecule has 0 saturated carbocycles. The van der Waals surface area contributed by atoms with Crippen molar-refractivity contribution < 1.29 is 48.1 Å². The Balaban J connectivity index is 1.38. The molecule has 0 aliphatic carbocycles. The number of halogens is 4. The normalized spacial score (nSPS) is 17.5. The Hall–Kier alpha value is -4.32. The Labute approximate surface area is 267 Å². The van der Waals surface area contributed by atoms with Crippen molar-refractivity contribution in [2.75, 3.05) is 13.7 Å². The van der Waals surface area contributed by atoms with Crippen LogP contribution in [0.2, 0.25) is 0 Å². The summed E-state index contributed by atoms with van der Waals surface area (Å²) < 4.78 is 118. The number of nitrogens with zero attached hydrogens (tertiary/aromatic N) is 3. The highest BCUT2D eigenvalue weighted by Gasteiger charge is 2.46. The van der Waals surface area contributed by atoms with E-state index in [2.05, 4.69) is 10.4 Å². The molecule has 0 bridgehead atoms. The van der Waals surface area contributed by atoms with Crippen molar-refractivity contribution >= 4 is 26.0 Å². The number of carbonyl (C=O) groups excluding carboxylic acids is 1. The van der Waals surface area contributed by atoms with Gasteiger partial charge in [0.15, 0.2) is 0 Å². The predicted octanol–water partition coefficient (Wildman–Crippen LogP) is 4.20. The lowest BCUT2D eigenvalue weighted by Gasteiger charge is -2.23. The van der Waals surface area contributed by atoms with Crippen LogP contribution in [0.1, 0.15) is 23.1 Å². The number of benzene rings is 3. The summed E-state index contributed by atoms with van der Waals surface area (Å²) >= 11 is 0. The molecule has 0 spiro atoms. The van der Waals surface area contributed by atoms with Crippen molar-refractivity contribution in [2.24, 2.45) is 0 Å². The van der Waals surface area contributed by atoms with Crippen LogP contribution >= 0.6 is 0 Å². The van der Waals surface area contributed by atoms with E-state index in [4.69, 9.17) is 8.92 Å². The van der Waals surface area contributed by atoms with E-state index in [0.717, 1.165) is 46.3 Å². The summed E-state index contributed by atoms with van der Waals surface area (Å²) in [5.74, 6) is -1.45. The van der Waals surface area contributed by atoms with E-state index in [9.17, 15) is 39.2 Å². The molecule has 1 N–H and O–H groups in total. The number of methoxy groups -OCH3 is 1. The zero-order valence-corrected chi connectivity index (χ0v) is 26.4. The van der Waals surface area contributed by atoms with E-state index in [1.807, 2.05) is 0 Å². The highest BCUT2D eigenvalue weighted by molar-refractivity contribution is 7.89. The minimum absolute atomic E-state index is 0.0396. The Kier molecular flexibility index (Phi) is 9.45. The summed E-state index contributed by atoms with van der Waals surface area (Å²) in [5.41, 5.74) is 0.538. The number of sulfonamides is 1. The molecular formula is C30H28F4N4O7S2. The van der Waals surface area contributed by atoms with Crippen molar-refractivity contribution in [2.45, 2.75) is 48.0 Å². The third-order valence-electron chi connectivity index (χ3n) is 7.37. The molecule has 1 amide bonds. The summed E-state index contributed by atoms with van der Waals surface area (Å²) in [6.07, 6.45) is -4.68. The van der Waals surface area contributed by atoms with Gasteiger partial charge in [-0.1, -0.05) is 17.7 Å². The van der Waals surface area contributed by atoms with Gasteiger partial charge in [0.1, 0.15) is 11.9 Å². The maximum Gasteiger partial charge on any atom is 0.416 e. The summed E-state index contributed by atoms with van der Waals surface area (Å²) in [6.45, 7) is 1.03. The third-order valence-corrected chi connectivity index (χ3v) is 10.6. The number of aromatic nitrogens is 2. The van der Waals surface area contributed by atoms with Crippen LogP contribution in [-0.2, 0) is 41.8 Å². The van der Waals surface area contributed by atoms with Crippen LogP contribution in [0.4, 0.5) is 17.6 Å². The van der Waals surface area contributed by atoms with Gasteiger partial charge in [-0.15, -0.1) is 5.10 Å². The Morgan fingerprint density at radius 2 is 1.57 bits per heavy atom. The molecule has 1 aliphatic heterocycles. The van der Waals surface area contributed by atoms with Gasteiger partial charge < -0.3 is 10.1 Å². The van der Waals surface area contributed by atoms with E-state index in [-0.39, 0.29) is 34.3 Å². The molecule has 5 rings (SSSR count). The molecule has 17 heteroatoms. The second-order valence-corrected chi connectivity index (χ2v) is 14.1. The summed E-state index contributed by atoms with van der Waals surface area (Å²) in [4.78, 5) is 13.1. The average molecular weight is 697 g/mol. The number of rotatable bonds is 10. The Morgan fingerprint density at radius 1 is 0.957 bits per heavy atom. The van der Waals surface area contributed by atoms with Gasteiger partial charge in [-0.05, 0) is 67.6 Å². The van der Waals surface area contributed by atoms with Gasteiger partial charge in [0.2, 0.25) is 21.8 Å². The minimum atomic E-state index is -4.52. The monoisotopic (exact) mass is 696 g/mol. The lowest BCUT2D eigenvalue weighted by molar-refractivity contribution is -0.137. The molecule has 2 atom stereocenters. The molecule has 11 nitrogen and oxygen atoms in total. The zero-order chi connectivity index (χ0) is 34.1. The largest absolute Gasteiger partial charge is 0.480 e. The van der Waals surface area contributed by atoms with Crippen LogP contribution in [-0.4, -0.2) is 62.6 Å². The molecule has 0 radical (unpaired) electrons. The van der Waals surface area contributed by atoms with Gasteiger partial charge in [-0.3, -0.25) is 8.98 Å². The molecule has 1 fully saturated rings. The van der Waals surface area contributed by atoms with E-state index < -0.39 is 62.3 Å². The molecule has 2 heterocycles. The number of ether oxygens (including phenoxy) is 1. The first-order chi connectivity index (χ1) is 22.1. The van der Waals surface area contributed by atoms with Crippen molar-refractivity contribution in [3.63, 3.8) is 0 Å². The molecule has 1 aromatic heterocycles. The molecule has 1 saturated heterocycles. The van der Waals surface area contributed by atoms with E-state index >= 15 is 0 Å². The number of hydrogen-bond acceptors (Lipinski definition) is 8. The van der Waals surface area contributed by atoms with Crippen molar-refractivity contribution in [1.29, 1.82) is 0 Å². The molecule has 250 valence electrons. The predicted molar refractivity (Wildman–Crippen MR) is 159 cm³/mol. The second kappa shape index (κ2) is 13.1. The Bertz CT molecular complexity index is 1970. The van der Waals surface area contributed by atoms with E-state index in [0.29, 0.717) is 5.56 Å². The fourth-order valence-electron chi connectivity index (χ4n) is 4.95. The maximum absolute atomic E-state index is 13.6. The molecular weight excluding hydrogens is 668 g/mol. The zero-order valence-electron chi connectivity index (χ0n) is 24.8. The highest BCUT2D eigenvalue weighted by atomic mass is 32.2. The first-order valence-corrected chi connectivity index (χ1v) is 16.8. The van der Waals surface area contributed by atoms with Gasteiger partial charge in [-0.25, -0.2) is 17.5 Å². The van der Waals surface area contributed by atoms with Crippen LogP contribution in [0.3, 0.4) is 0 Å². The van der Waals surface area contributed by atoms with Crippen molar-refractivity contribution in [3.05, 3.63) is 102 Å². The van der Waals surface area contributed by atoms with Gasteiger partial charge in [0.25, 0.3) is 10.1 Å². The Morgan fingerprint density at radius 3 is 2.17 bits per heavy atom. The SMILES string of the molecule is COc1nn(-c2ccc(C(F)(F)F)cc2)cc1CNC(=O)C1CC(OS(=O)(=O)c2ccc(C)cc2)CN1S(=O)(=O)c1ccc(F)cc1. The standard InChI is InChI=1S/C30H28F4N4O7S2/c1-19-3-11-26(12-4-19)47(42,43)45-24-15-27(38(18-24)46(40,41)25-13-7-22(31)8-14-25)28(39)35-16-20-17-37(36-29(20)44-2)23-9-5-21(6-10-23)30(32,33)34/h3-14,17,24,27H,15-16,18H2,1-2H3,(H,35,39). The number of aryl methyl sites for hydroxylation is 1. The molecule has 2 unspecified atom stereocenters. The number of alkyl halides is 3. The highest BCUT2D eigenvalue weighted by Crippen LogP contribution is 2.32. The number of amides is 1. The van der Waals surface area contributed by atoms with Crippen LogP contribution in [0, 0.1) is 12.7 Å². The van der Waals surface area contributed by atoms with Crippen LogP contribution < -0.4 is 10.1 Å². The lowest BCUT2D eigenvalue weighted by Crippen LogP contribution is -2.45. The third kappa shape index (κ3) is 7.48. The van der Waals surface area contributed by atoms with Gasteiger partial charge in [0, 0.05) is 25.7 Å².